The van der Waals surface area contributed by atoms with Crippen LogP contribution in [0.1, 0.15) is 34.2 Å². The zero-order chi connectivity index (χ0) is 19.7. The van der Waals surface area contributed by atoms with Crippen LogP contribution < -0.4 is 0 Å². The Labute approximate surface area is 161 Å². The molecule has 0 aliphatic carbocycles. The molecule has 1 saturated heterocycles. The predicted octanol–water partition coefficient (Wildman–Crippen LogP) is 3.94. The van der Waals surface area contributed by atoms with Gasteiger partial charge in [0, 0.05) is 24.1 Å². The van der Waals surface area contributed by atoms with Gasteiger partial charge in [-0.3, -0.25) is 14.5 Å². The molecule has 0 atom stereocenters. The number of rotatable bonds is 4. The first-order valence-corrected chi connectivity index (χ1v) is 9.33. The summed E-state index contributed by atoms with van der Waals surface area (Å²) < 4.78 is 7.05. The lowest BCUT2D eigenvalue weighted by Crippen LogP contribution is -2.22. The molecular weight excluding hydrogens is 364 g/mol. The van der Waals surface area contributed by atoms with Crippen LogP contribution in [0.5, 0.6) is 0 Å². The van der Waals surface area contributed by atoms with Gasteiger partial charge in [-0.25, -0.2) is 4.79 Å². The van der Waals surface area contributed by atoms with E-state index >= 15 is 0 Å². The summed E-state index contributed by atoms with van der Waals surface area (Å²) in [7, 11) is 1.48. The maximum atomic E-state index is 12.1. The second-order valence-corrected chi connectivity index (χ2v) is 7.16. The normalized spacial score (nSPS) is 15.7. The van der Waals surface area contributed by atoms with Crippen LogP contribution in [-0.2, 0) is 9.53 Å². The van der Waals surface area contributed by atoms with Crippen molar-refractivity contribution >= 4 is 35.0 Å². The summed E-state index contributed by atoms with van der Waals surface area (Å²) in [5, 5.41) is -0.269. The number of ether oxygens (including phenoxy) is 1. The molecule has 7 heteroatoms. The van der Waals surface area contributed by atoms with Crippen molar-refractivity contribution in [2.45, 2.75) is 20.8 Å². The average Bonchev–Trinajstić information content (AvgIpc) is 3.05. The number of carbonyl (C=O) groups is 3. The Balaban J connectivity index is 1.94. The molecule has 1 aliphatic rings. The molecule has 1 aliphatic heterocycles. The van der Waals surface area contributed by atoms with Gasteiger partial charge in [0.1, 0.15) is 0 Å². The molecule has 27 heavy (non-hydrogen) atoms. The molecule has 2 amide bonds. The summed E-state index contributed by atoms with van der Waals surface area (Å²) in [5.74, 6) is -0.630. The third-order valence-electron chi connectivity index (χ3n) is 4.38. The lowest BCUT2D eigenvalue weighted by Gasteiger charge is -2.10. The lowest BCUT2D eigenvalue weighted by atomic mass is 10.2. The lowest BCUT2D eigenvalue weighted by molar-refractivity contribution is -0.121. The Morgan fingerprint density at radius 2 is 1.85 bits per heavy atom. The Morgan fingerprint density at radius 1 is 1.19 bits per heavy atom. The summed E-state index contributed by atoms with van der Waals surface area (Å²) in [6.07, 6.45) is 1.75. The van der Waals surface area contributed by atoms with E-state index in [1.165, 1.54) is 7.05 Å². The van der Waals surface area contributed by atoms with E-state index in [9.17, 15) is 14.4 Å². The summed E-state index contributed by atoms with van der Waals surface area (Å²) in [6, 6.07) is 9.15. The molecule has 140 valence electrons. The number of hydrogen-bond acceptors (Lipinski definition) is 5. The van der Waals surface area contributed by atoms with Gasteiger partial charge in [-0.05, 0) is 74.5 Å². The van der Waals surface area contributed by atoms with E-state index < -0.39 is 0 Å². The summed E-state index contributed by atoms with van der Waals surface area (Å²) in [4.78, 5) is 37.1. The van der Waals surface area contributed by atoms with Gasteiger partial charge < -0.3 is 9.30 Å². The highest BCUT2D eigenvalue weighted by molar-refractivity contribution is 8.18. The van der Waals surface area contributed by atoms with E-state index in [2.05, 4.69) is 0 Å². The number of imide groups is 1. The zero-order valence-electron chi connectivity index (χ0n) is 15.6. The van der Waals surface area contributed by atoms with E-state index in [1.54, 1.807) is 25.1 Å². The molecule has 2 aromatic rings. The topological polar surface area (TPSA) is 68.6 Å². The fourth-order valence-electron chi connectivity index (χ4n) is 2.98. The van der Waals surface area contributed by atoms with E-state index in [-0.39, 0.29) is 17.1 Å². The standard InChI is InChI=1S/C20H20N2O4S/c1-5-26-19(24)14-6-8-16(9-7-14)22-12(2)10-15(13(22)3)11-17-18(23)21(4)20(25)27-17/h6-11H,5H2,1-4H3. The molecule has 0 N–H and O–H groups in total. The van der Waals surface area contributed by atoms with Crippen molar-refractivity contribution < 1.29 is 19.1 Å². The third-order valence-corrected chi connectivity index (χ3v) is 5.34. The van der Waals surface area contributed by atoms with Crippen molar-refractivity contribution in [3.8, 4) is 5.69 Å². The first-order chi connectivity index (χ1) is 12.8. The first kappa shape index (κ1) is 19.0. The first-order valence-electron chi connectivity index (χ1n) is 8.51. The van der Waals surface area contributed by atoms with Gasteiger partial charge in [0.2, 0.25) is 0 Å². The van der Waals surface area contributed by atoms with Gasteiger partial charge in [-0.2, -0.15) is 0 Å². The van der Waals surface area contributed by atoms with Gasteiger partial charge in [-0.1, -0.05) is 0 Å². The largest absolute Gasteiger partial charge is 0.462 e. The van der Waals surface area contributed by atoms with Crippen LogP contribution >= 0.6 is 11.8 Å². The molecule has 3 rings (SSSR count). The second-order valence-electron chi connectivity index (χ2n) is 6.17. The van der Waals surface area contributed by atoms with Gasteiger partial charge in [-0.15, -0.1) is 0 Å². The SMILES string of the molecule is CCOC(=O)c1ccc(-n2c(C)cc(C=C3SC(=O)N(C)C3=O)c2C)cc1. The molecule has 0 unspecified atom stereocenters. The second kappa shape index (κ2) is 7.44. The summed E-state index contributed by atoms with van der Waals surface area (Å²) >= 11 is 0.944. The van der Waals surface area contributed by atoms with Crippen molar-refractivity contribution in [3.63, 3.8) is 0 Å². The molecule has 1 aromatic carbocycles. The number of amides is 2. The van der Waals surface area contributed by atoms with Crippen molar-refractivity contribution in [1.29, 1.82) is 0 Å². The van der Waals surface area contributed by atoms with Gasteiger partial charge in [0.25, 0.3) is 11.1 Å². The molecule has 6 nitrogen and oxygen atoms in total. The summed E-state index contributed by atoms with van der Waals surface area (Å²) in [6.45, 7) is 6.03. The smallest absolute Gasteiger partial charge is 0.338 e. The minimum Gasteiger partial charge on any atom is -0.462 e. The van der Waals surface area contributed by atoms with E-state index in [4.69, 9.17) is 4.74 Å². The molecule has 1 aromatic heterocycles. The molecule has 0 spiro atoms. The van der Waals surface area contributed by atoms with Crippen LogP contribution in [0.2, 0.25) is 0 Å². The number of thioether (sulfide) groups is 1. The highest BCUT2D eigenvalue weighted by atomic mass is 32.2. The predicted molar refractivity (Wildman–Crippen MR) is 105 cm³/mol. The average molecular weight is 384 g/mol. The molecule has 0 saturated carbocycles. The van der Waals surface area contributed by atoms with Crippen LogP contribution in [0.3, 0.4) is 0 Å². The summed E-state index contributed by atoms with van der Waals surface area (Å²) in [5.41, 5.74) is 4.21. The fourth-order valence-corrected chi connectivity index (χ4v) is 3.80. The molecule has 1 fully saturated rings. The van der Waals surface area contributed by atoms with E-state index in [0.717, 1.165) is 39.3 Å². The van der Waals surface area contributed by atoms with E-state index in [1.807, 2.05) is 36.6 Å². The van der Waals surface area contributed by atoms with Crippen LogP contribution in [0, 0.1) is 13.8 Å². The van der Waals surface area contributed by atoms with Crippen molar-refractivity contribution in [1.82, 2.24) is 9.47 Å². The number of benzene rings is 1. The zero-order valence-corrected chi connectivity index (χ0v) is 16.4. The van der Waals surface area contributed by atoms with Crippen molar-refractivity contribution in [3.05, 3.63) is 57.8 Å². The Kier molecular flexibility index (Phi) is 5.23. The van der Waals surface area contributed by atoms with Crippen molar-refractivity contribution in [2.24, 2.45) is 0 Å². The van der Waals surface area contributed by atoms with Crippen LogP contribution in [-0.4, -0.2) is 40.2 Å². The molecule has 0 radical (unpaired) electrons. The van der Waals surface area contributed by atoms with Crippen molar-refractivity contribution in [2.75, 3.05) is 13.7 Å². The van der Waals surface area contributed by atoms with Crippen LogP contribution in [0.4, 0.5) is 4.79 Å². The third kappa shape index (κ3) is 3.55. The minimum absolute atomic E-state index is 0.269. The van der Waals surface area contributed by atoms with Crippen LogP contribution in [0.15, 0.2) is 35.2 Å². The number of nitrogens with zero attached hydrogens (tertiary/aromatic N) is 2. The number of esters is 1. The van der Waals surface area contributed by atoms with Gasteiger partial charge in [0.15, 0.2) is 0 Å². The van der Waals surface area contributed by atoms with Gasteiger partial charge in [0.05, 0.1) is 17.1 Å². The monoisotopic (exact) mass is 384 g/mol. The highest BCUT2D eigenvalue weighted by Gasteiger charge is 2.32. The number of carbonyl (C=O) groups excluding carboxylic acids is 3. The Morgan fingerprint density at radius 3 is 2.41 bits per heavy atom. The van der Waals surface area contributed by atoms with Crippen LogP contribution in [0.25, 0.3) is 11.8 Å². The minimum atomic E-state index is -0.346. The molecular formula is C20H20N2O4S. The number of hydrogen-bond donors (Lipinski definition) is 0. The van der Waals surface area contributed by atoms with Gasteiger partial charge >= 0.3 is 5.97 Å². The quantitative estimate of drug-likeness (QED) is 0.590. The Bertz CT molecular complexity index is 957. The number of likely N-dealkylation sites (N-methyl/N-ethyl adjacent to an activating group) is 1. The molecule has 2 heterocycles. The highest BCUT2D eigenvalue weighted by Crippen LogP contribution is 2.32. The Hall–Kier alpha value is -2.80. The fraction of sp³-hybridized carbons (Fsp3) is 0.250. The number of aryl methyl sites for hydroxylation is 1. The van der Waals surface area contributed by atoms with E-state index in [0.29, 0.717) is 17.1 Å². The maximum Gasteiger partial charge on any atom is 0.338 e. The number of aromatic nitrogens is 1. The molecule has 0 bridgehead atoms. The maximum absolute atomic E-state index is 12.1.